The van der Waals surface area contributed by atoms with Crippen LogP contribution in [0.3, 0.4) is 0 Å². The number of amides is 1. The topological polar surface area (TPSA) is 78.5 Å². The Balaban J connectivity index is 1.97. The van der Waals surface area contributed by atoms with Crippen LogP contribution in [-0.2, 0) is 6.61 Å². The number of hydrogen-bond acceptors (Lipinski definition) is 5. The molecular weight excluding hydrogens is 306 g/mol. The number of likely N-dealkylation sites (N-methyl/N-ethyl adjacent to an activating group) is 1. The molecular formula is C18H21N3O3. The molecule has 0 spiro atoms. The average Bonchev–Trinajstić information content (AvgIpc) is 3.06. The highest BCUT2D eigenvalue weighted by atomic mass is 16.5. The molecule has 0 aliphatic heterocycles. The second kappa shape index (κ2) is 8.18. The zero-order chi connectivity index (χ0) is 17.5. The molecule has 24 heavy (non-hydrogen) atoms. The molecule has 0 radical (unpaired) electrons. The van der Waals surface area contributed by atoms with Crippen LogP contribution in [0.25, 0.3) is 0 Å². The predicted molar refractivity (Wildman–Crippen MR) is 89.7 cm³/mol. The Morgan fingerprint density at radius 3 is 2.92 bits per heavy atom. The highest BCUT2D eigenvalue weighted by Crippen LogP contribution is 2.17. The van der Waals surface area contributed by atoms with Crippen molar-refractivity contribution in [3.05, 3.63) is 53.5 Å². The summed E-state index contributed by atoms with van der Waals surface area (Å²) in [6.07, 6.45) is 1.47. The molecule has 126 valence electrons. The molecule has 0 bridgehead atoms. The average molecular weight is 327 g/mol. The van der Waals surface area contributed by atoms with E-state index in [0.717, 1.165) is 0 Å². The maximum Gasteiger partial charge on any atom is 0.287 e. The van der Waals surface area contributed by atoms with Crippen molar-refractivity contribution >= 4 is 5.91 Å². The van der Waals surface area contributed by atoms with Crippen LogP contribution >= 0.6 is 0 Å². The Kier molecular flexibility index (Phi) is 5.99. The van der Waals surface area contributed by atoms with E-state index in [1.165, 1.54) is 6.26 Å². The number of furan rings is 1. The van der Waals surface area contributed by atoms with Gasteiger partial charge in [-0.2, -0.15) is 5.26 Å². The van der Waals surface area contributed by atoms with E-state index in [0.29, 0.717) is 23.4 Å². The van der Waals surface area contributed by atoms with Crippen LogP contribution in [0.15, 0.2) is 41.0 Å². The van der Waals surface area contributed by atoms with Crippen molar-refractivity contribution in [2.75, 3.05) is 20.6 Å². The van der Waals surface area contributed by atoms with Gasteiger partial charge in [0.1, 0.15) is 12.4 Å². The molecule has 0 fully saturated rings. The minimum atomic E-state index is -0.266. The maximum atomic E-state index is 12.2. The second-order valence-electron chi connectivity index (χ2n) is 5.73. The summed E-state index contributed by atoms with van der Waals surface area (Å²) in [6, 6.07) is 10.9. The first kappa shape index (κ1) is 17.6. The number of carbonyl (C=O) groups excluding carboxylic acids is 1. The van der Waals surface area contributed by atoms with Gasteiger partial charge in [-0.15, -0.1) is 0 Å². The van der Waals surface area contributed by atoms with Gasteiger partial charge in [-0.1, -0.05) is 6.07 Å². The van der Waals surface area contributed by atoms with Crippen LogP contribution in [0, 0.1) is 11.3 Å². The standard InChI is InChI=1S/C18H21N3O3/c1-13(21(2)3)11-20-18(22)17-15(7-8-23-17)12-24-16-6-4-5-14(9-16)10-19/h4-9,13H,11-12H2,1-3H3,(H,20,22)/t13-/m1/s1. The number of benzene rings is 1. The number of ether oxygens (including phenoxy) is 1. The predicted octanol–water partition coefficient (Wildman–Crippen LogP) is 2.41. The summed E-state index contributed by atoms with van der Waals surface area (Å²) in [6.45, 7) is 2.74. The van der Waals surface area contributed by atoms with Crippen molar-refractivity contribution in [1.29, 1.82) is 5.26 Å². The van der Waals surface area contributed by atoms with Gasteiger partial charge in [0.2, 0.25) is 0 Å². The molecule has 6 heteroatoms. The summed E-state index contributed by atoms with van der Waals surface area (Å²) in [7, 11) is 3.91. The van der Waals surface area contributed by atoms with E-state index in [9.17, 15) is 4.79 Å². The highest BCUT2D eigenvalue weighted by molar-refractivity contribution is 5.92. The van der Waals surface area contributed by atoms with E-state index in [1.54, 1.807) is 30.3 Å². The van der Waals surface area contributed by atoms with Gasteiger partial charge in [0.05, 0.1) is 17.9 Å². The Bertz CT molecular complexity index is 731. The van der Waals surface area contributed by atoms with Crippen molar-refractivity contribution in [1.82, 2.24) is 10.2 Å². The van der Waals surface area contributed by atoms with Gasteiger partial charge >= 0.3 is 0 Å². The van der Waals surface area contributed by atoms with Gasteiger partial charge in [-0.3, -0.25) is 4.79 Å². The number of rotatable bonds is 7. The molecule has 1 aromatic carbocycles. The molecule has 0 saturated heterocycles. The molecule has 2 aromatic rings. The lowest BCUT2D eigenvalue weighted by molar-refractivity contribution is 0.0912. The van der Waals surface area contributed by atoms with Gasteiger partial charge in [0.25, 0.3) is 5.91 Å². The summed E-state index contributed by atoms with van der Waals surface area (Å²) >= 11 is 0. The van der Waals surface area contributed by atoms with Crippen molar-refractivity contribution in [2.24, 2.45) is 0 Å². The third kappa shape index (κ3) is 4.61. The molecule has 6 nitrogen and oxygen atoms in total. The number of nitriles is 1. The zero-order valence-corrected chi connectivity index (χ0v) is 14.1. The summed E-state index contributed by atoms with van der Waals surface area (Å²) in [5, 5.41) is 11.7. The fourth-order valence-electron chi connectivity index (χ4n) is 1.97. The smallest absolute Gasteiger partial charge is 0.287 e. The van der Waals surface area contributed by atoms with Crippen LogP contribution in [0.4, 0.5) is 0 Å². The molecule has 1 amide bonds. The first-order valence-electron chi connectivity index (χ1n) is 7.65. The van der Waals surface area contributed by atoms with E-state index in [-0.39, 0.29) is 24.3 Å². The molecule has 0 aliphatic rings. The third-order valence-electron chi connectivity index (χ3n) is 3.75. The lowest BCUT2D eigenvalue weighted by atomic mass is 10.2. The minimum Gasteiger partial charge on any atom is -0.489 e. The molecule has 0 unspecified atom stereocenters. The maximum absolute atomic E-state index is 12.2. The monoisotopic (exact) mass is 327 g/mol. The molecule has 1 heterocycles. The van der Waals surface area contributed by atoms with Gasteiger partial charge < -0.3 is 19.4 Å². The first-order chi connectivity index (χ1) is 11.5. The van der Waals surface area contributed by atoms with Crippen LogP contribution in [0.2, 0.25) is 0 Å². The number of hydrogen-bond donors (Lipinski definition) is 1. The number of carbonyl (C=O) groups is 1. The molecule has 2 rings (SSSR count). The molecule has 0 saturated carbocycles. The first-order valence-corrected chi connectivity index (χ1v) is 7.65. The van der Waals surface area contributed by atoms with E-state index >= 15 is 0 Å². The number of nitrogens with zero attached hydrogens (tertiary/aromatic N) is 2. The van der Waals surface area contributed by atoms with Crippen molar-refractivity contribution in [3.63, 3.8) is 0 Å². The molecule has 1 aromatic heterocycles. The normalized spacial score (nSPS) is 11.8. The largest absolute Gasteiger partial charge is 0.489 e. The van der Waals surface area contributed by atoms with Crippen LogP contribution in [0.5, 0.6) is 5.75 Å². The Labute approximate surface area is 141 Å². The lowest BCUT2D eigenvalue weighted by Gasteiger charge is -2.19. The van der Waals surface area contributed by atoms with Crippen molar-refractivity contribution in [3.8, 4) is 11.8 Å². The van der Waals surface area contributed by atoms with Crippen molar-refractivity contribution in [2.45, 2.75) is 19.6 Å². The summed E-state index contributed by atoms with van der Waals surface area (Å²) < 4.78 is 10.9. The van der Waals surface area contributed by atoms with E-state index in [1.807, 2.05) is 25.9 Å². The Morgan fingerprint density at radius 1 is 1.42 bits per heavy atom. The van der Waals surface area contributed by atoms with Gasteiger partial charge in [0, 0.05) is 18.2 Å². The summed E-state index contributed by atoms with van der Waals surface area (Å²) in [5.41, 5.74) is 1.18. The summed E-state index contributed by atoms with van der Waals surface area (Å²) in [4.78, 5) is 14.3. The van der Waals surface area contributed by atoms with Gasteiger partial charge in [-0.25, -0.2) is 0 Å². The minimum absolute atomic E-state index is 0.192. The SMILES string of the molecule is C[C@H](CNC(=O)c1occc1COc1cccc(C#N)c1)N(C)C. The second-order valence-corrected chi connectivity index (χ2v) is 5.73. The van der Waals surface area contributed by atoms with Crippen LogP contribution in [-0.4, -0.2) is 37.5 Å². The molecule has 0 aliphatic carbocycles. The molecule has 1 atom stereocenters. The van der Waals surface area contributed by atoms with E-state index in [2.05, 4.69) is 11.4 Å². The Hall–Kier alpha value is -2.78. The highest BCUT2D eigenvalue weighted by Gasteiger charge is 2.17. The molecule has 1 N–H and O–H groups in total. The van der Waals surface area contributed by atoms with E-state index < -0.39 is 0 Å². The summed E-state index contributed by atoms with van der Waals surface area (Å²) in [5.74, 6) is 0.554. The quantitative estimate of drug-likeness (QED) is 0.845. The zero-order valence-electron chi connectivity index (χ0n) is 14.1. The van der Waals surface area contributed by atoms with Crippen LogP contribution < -0.4 is 10.1 Å². The lowest BCUT2D eigenvalue weighted by Crippen LogP contribution is -2.38. The van der Waals surface area contributed by atoms with Gasteiger partial charge in [-0.05, 0) is 45.3 Å². The number of nitrogens with one attached hydrogen (secondary N) is 1. The van der Waals surface area contributed by atoms with Crippen molar-refractivity contribution < 1.29 is 13.9 Å². The third-order valence-corrected chi connectivity index (χ3v) is 3.75. The fourth-order valence-corrected chi connectivity index (χ4v) is 1.97. The Morgan fingerprint density at radius 2 is 2.21 bits per heavy atom. The van der Waals surface area contributed by atoms with Crippen LogP contribution in [0.1, 0.15) is 28.6 Å². The van der Waals surface area contributed by atoms with Gasteiger partial charge in [0.15, 0.2) is 5.76 Å². The van der Waals surface area contributed by atoms with E-state index in [4.69, 9.17) is 14.4 Å². The fraction of sp³-hybridized carbons (Fsp3) is 0.333.